The third kappa shape index (κ3) is 2.39. The van der Waals surface area contributed by atoms with E-state index in [4.69, 9.17) is 0 Å². The van der Waals surface area contributed by atoms with Crippen LogP contribution in [0.2, 0.25) is 0 Å². The lowest BCUT2D eigenvalue weighted by Gasteiger charge is -2.24. The van der Waals surface area contributed by atoms with Gasteiger partial charge in [-0.05, 0) is 24.6 Å². The fourth-order valence-corrected chi connectivity index (χ4v) is 3.62. The number of anilines is 1. The van der Waals surface area contributed by atoms with Gasteiger partial charge in [0, 0.05) is 17.9 Å². The lowest BCUT2D eigenvalue weighted by atomic mass is 9.86. The molecule has 0 aliphatic carbocycles. The summed E-state index contributed by atoms with van der Waals surface area (Å²) in [5, 5.41) is 7.49. The van der Waals surface area contributed by atoms with E-state index in [-0.39, 0.29) is 24.1 Å². The first-order valence-electron chi connectivity index (χ1n) is 8.41. The molecule has 2 N–H and O–H groups in total. The largest absolute Gasteiger partial charge is 0.340 e. The molecule has 9 heteroatoms. The van der Waals surface area contributed by atoms with Crippen molar-refractivity contribution in [3.8, 4) is 5.82 Å². The third-order valence-electron chi connectivity index (χ3n) is 4.76. The van der Waals surface area contributed by atoms with Gasteiger partial charge < -0.3 is 10.3 Å². The average Bonchev–Trinajstić information content (AvgIpc) is 3.25. The Morgan fingerprint density at radius 1 is 1.26 bits per heavy atom. The molecule has 3 aromatic heterocycles. The first kappa shape index (κ1) is 15.6. The average molecular weight is 363 g/mol. The van der Waals surface area contributed by atoms with Crippen LogP contribution in [-0.2, 0) is 4.79 Å². The molecule has 27 heavy (non-hydrogen) atoms. The second kappa shape index (κ2) is 5.70. The standard InChI is InChI=1S/C18H14FN7O/c1-9-14-12(10-3-2-4-11(19)5-10)6-13(27)24-17(14)26(25-9)18-15-16(21-7-20-15)22-8-23-18/h2-5,7-8,12H,6H2,1H3,(H,24,27)(H,20,21,22,23)/t12-/m0/s1. The minimum atomic E-state index is -0.333. The number of halogens is 1. The number of aromatic amines is 1. The Bertz CT molecular complexity index is 1200. The van der Waals surface area contributed by atoms with E-state index in [9.17, 15) is 9.18 Å². The van der Waals surface area contributed by atoms with Crippen molar-refractivity contribution in [3.05, 3.63) is 59.6 Å². The lowest BCUT2D eigenvalue weighted by Crippen LogP contribution is -2.25. The Hall–Kier alpha value is -3.62. The molecule has 0 spiro atoms. The van der Waals surface area contributed by atoms with Crippen molar-refractivity contribution < 1.29 is 9.18 Å². The summed E-state index contributed by atoms with van der Waals surface area (Å²) in [6.07, 6.45) is 3.16. The Kier molecular flexibility index (Phi) is 3.30. The number of carbonyl (C=O) groups excluding carboxylic acids is 1. The van der Waals surface area contributed by atoms with Gasteiger partial charge in [-0.25, -0.2) is 19.3 Å². The van der Waals surface area contributed by atoms with E-state index < -0.39 is 0 Å². The molecule has 0 radical (unpaired) electrons. The van der Waals surface area contributed by atoms with Gasteiger partial charge in [0.2, 0.25) is 5.91 Å². The highest BCUT2D eigenvalue weighted by molar-refractivity contribution is 5.95. The van der Waals surface area contributed by atoms with Crippen LogP contribution in [0.1, 0.15) is 29.2 Å². The summed E-state index contributed by atoms with van der Waals surface area (Å²) in [5.41, 5.74) is 3.45. The van der Waals surface area contributed by atoms with Gasteiger partial charge >= 0.3 is 0 Å². The number of amides is 1. The maximum atomic E-state index is 13.8. The van der Waals surface area contributed by atoms with Crippen LogP contribution in [0, 0.1) is 12.7 Å². The number of carbonyl (C=O) groups is 1. The van der Waals surface area contributed by atoms with Gasteiger partial charge in [0.1, 0.15) is 23.5 Å². The van der Waals surface area contributed by atoms with Gasteiger partial charge in [-0.1, -0.05) is 12.1 Å². The molecule has 1 amide bonds. The quantitative estimate of drug-likeness (QED) is 0.570. The summed E-state index contributed by atoms with van der Waals surface area (Å²) in [4.78, 5) is 28.0. The van der Waals surface area contributed by atoms with Crippen LogP contribution in [-0.4, -0.2) is 35.6 Å². The first-order valence-corrected chi connectivity index (χ1v) is 8.41. The van der Waals surface area contributed by atoms with Crippen LogP contribution in [0.4, 0.5) is 10.2 Å². The van der Waals surface area contributed by atoms with E-state index >= 15 is 0 Å². The maximum absolute atomic E-state index is 13.8. The van der Waals surface area contributed by atoms with Gasteiger partial charge in [0.25, 0.3) is 0 Å². The van der Waals surface area contributed by atoms with E-state index in [1.54, 1.807) is 10.7 Å². The summed E-state index contributed by atoms with van der Waals surface area (Å²) in [6, 6.07) is 6.32. The molecule has 5 rings (SSSR count). The van der Waals surface area contributed by atoms with Crippen LogP contribution in [0.25, 0.3) is 17.0 Å². The van der Waals surface area contributed by atoms with Crippen molar-refractivity contribution in [3.63, 3.8) is 0 Å². The van der Waals surface area contributed by atoms with Crippen molar-refractivity contribution in [1.29, 1.82) is 0 Å². The van der Waals surface area contributed by atoms with E-state index in [2.05, 4.69) is 30.4 Å². The molecule has 0 unspecified atom stereocenters. The summed E-state index contributed by atoms with van der Waals surface area (Å²) < 4.78 is 15.3. The van der Waals surface area contributed by atoms with Gasteiger partial charge in [0.05, 0.1) is 12.0 Å². The molecule has 1 aromatic carbocycles. The highest BCUT2D eigenvalue weighted by atomic mass is 19.1. The molecule has 0 saturated heterocycles. The fraction of sp³-hybridized carbons (Fsp3) is 0.167. The Morgan fingerprint density at radius 3 is 3.00 bits per heavy atom. The van der Waals surface area contributed by atoms with Crippen molar-refractivity contribution in [1.82, 2.24) is 29.7 Å². The monoisotopic (exact) mass is 363 g/mol. The van der Waals surface area contributed by atoms with Crippen molar-refractivity contribution in [2.45, 2.75) is 19.3 Å². The zero-order valence-electron chi connectivity index (χ0n) is 14.3. The van der Waals surface area contributed by atoms with Crippen LogP contribution in [0.5, 0.6) is 0 Å². The summed E-state index contributed by atoms with van der Waals surface area (Å²) in [7, 11) is 0. The highest BCUT2D eigenvalue weighted by Crippen LogP contribution is 2.40. The molecule has 0 bridgehead atoms. The number of fused-ring (bicyclic) bond motifs is 2. The van der Waals surface area contributed by atoms with Crippen molar-refractivity contribution in [2.24, 2.45) is 0 Å². The zero-order valence-corrected chi connectivity index (χ0v) is 14.3. The van der Waals surface area contributed by atoms with E-state index in [0.29, 0.717) is 22.8 Å². The maximum Gasteiger partial charge on any atom is 0.226 e. The Balaban J connectivity index is 1.73. The van der Waals surface area contributed by atoms with Crippen molar-refractivity contribution >= 4 is 22.9 Å². The van der Waals surface area contributed by atoms with Crippen molar-refractivity contribution in [2.75, 3.05) is 5.32 Å². The number of nitrogens with zero attached hydrogens (tertiary/aromatic N) is 5. The normalized spacial score (nSPS) is 16.4. The fourth-order valence-electron chi connectivity index (χ4n) is 3.62. The SMILES string of the molecule is Cc1nn(-c2ncnc3nc[nH]c23)c2c1[C@H](c1cccc(F)c1)CC(=O)N2. The van der Waals surface area contributed by atoms with E-state index in [0.717, 1.165) is 16.8 Å². The first-order chi connectivity index (χ1) is 13.1. The number of rotatable bonds is 2. The molecular formula is C18H14FN7O. The Morgan fingerprint density at radius 2 is 2.15 bits per heavy atom. The number of imidazole rings is 1. The van der Waals surface area contributed by atoms with Gasteiger partial charge in [-0.2, -0.15) is 9.78 Å². The molecule has 0 fully saturated rings. The molecule has 0 saturated carbocycles. The molecule has 4 aromatic rings. The zero-order chi connectivity index (χ0) is 18.5. The van der Waals surface area contributed by atoms with Gasteiger partial charge in [-0.3, -0.25) is 4.79 Å². The van der Waals surface area contributed by atoms with Crippen LogP contribution in [0.3, 0.4) is 0 Å². The minimum absolute atomic E-state index is 0.159. The second-order valence-corrected chi connectivity index (χ2v) is 6.42. The Labute approximate surface area is 152 Å². The summed E-state index contributed by atoms with van der Waals surface area (Å²) in [6.45, 7) is 1.87. The molecule has 134 valence electrons. The number of H-pyrrole nitrogens is 1. The highest BCUT2D eigenvalue weighted by Gasteiger charge is 2.33. The molecule has 1 aliphatic heterocycles. The summed E-state index contributed by atoms with van der Waals surface area (Å²) >= 11 is 0. The second-order valence-electron chi connectivity index (χ2n) is 6.42. The van der Waals surface area contributed by atoms with Crippen LogP contribution >= 0.6 is 0 Å². The van der Waals surface area contributed by atoms with Gasteiger partial charge in [-0.15, -0.1) is 0 Å². The van der Waals surface area contributed by atoms with Gasteiger partial charge in [0.15, 0.2) is 11.5 Å². The summed E-state index contributed by atoms with van der Waals surface area (Å²) in [5.74, 6) is 0.250. The predicted molar refractivity (Wildman–Crippen MR) is 95.0 cm³/mol. The molecule has 1 aliphatic rings. The smallest absolute Gasteiger partial charge is 0.226 e. The van der Waals surface area contributed by atoms with E-state index in [1.165, 1.54) is 24.8 Å². The molecular weight excluding hydrogens is 349 g/mol. The number of hydrogen-bond acceptors (Lipinski definition) is 5. The number of aryl methyl sites for hydroxylation is 1. The number of aromatic nitrogens is 6. The predicted octanol–water partition coefficient (Wildman–Crippen LogP) is 2.46. The van der Waals surface area contributed by atoms with E-state index in [1.807, 2.05) is 13.0 Å². The van der Waals surface area contributed by atoms with Crippen LogP contribution < -0.4 is 5.32 Å². The number of nitrogens with one attached hydrogen (secondary N) is 2. The molecule has 4 heterocycles. The topological polar surface area (TPSA) is 101 Å². The number of hydrogen-bond donors (Lipinski definition) is 2. The molecule has 8 nitrogen and oxygen atoms in total. The number of benzene rings is 1. The van der Waals surface area contributed by atoms with Crippen LogP contribution in [0.15, 0.2) is 36.9 Å². The minimum Gasteiger partial charge on any atom is -0.340 e. The molecule has 1 atom stereocenters. The third-order valence-corrected chi connectivity index (χ3v) is 4.76. The lowest BCUT2D eigenvalue weighted by molar-refractivity contribution is -0.116.